The Labute approximate surface area is 186 Å². The fourth-order valence-corrected chi connectivity index (χ4v) is 5.27. The van der Waals surface area contributed by atoms with Crippen molar-refractivity contribution in [1.82, 2.24) is 9.29 Å². The average Bonchev–Trinajstić information content (AvgIpc) is 3.30. The molecule has 1 saturated heterocycles. The monoisotopic (exact) mass is 449 g/mol. The summed E-state index contributed by atoms with van der Waals surface area (Å²) in [7, 11) is -4.14. The van der Waals surface area contributed by atoms with E-state index >= 15 is 0 Å². The number of benzene rings is 2. The number of nitrogens with zero attached hydrogens (tertiary/aromatic N) is 2. The summed E-state index contributed by atoms with van der Waals surface area (Å²) in [4.78, 5) is 16.6. The number of carbonyl (C=O) groups is 1. The van der Waals surface area contributed by atoms with Crippen molar-refractivity contribution in [2.75, 3.05) is 11.9 Å². The summed E-state index contributed by atoms with van der Waals surface area (Å²) in [6.07, 6.45) is 2.53. The van der Waals surface area contributed by atoms with E-state index in [0.29, 0.717) is 29.8 Å². The van der Waals surface area contributed by atoms with Crippen LogP contribution in [0, 0.1) is 17.7 Å². The van der Waals surface area contributed by atoms with Crippen LogP contribution in [0.5, 0.6) is 0 Å². The summed E-state index contributed by atoms with van der Waals surface area (Å²) < 4.78 is 41.2. The number of carbonyl (C=O) groups excluding carboxylic acids is 1. The van der Waals surface area contributed by atoms with E-state index in [1.165, 1.54) is 18.2 Å². The van der Waals surface area contributed by atoms with Gasteiger partial charge in [-0.3, -0.25) is 4.79 Å². The van der Waals surface area contributed by atoms with Crippen LogP contribution in [0.25, 0.3) is 0 Å². The molecule has 2 heterocycles. The van der Waals surface area contributed by atoms with Gasteiger partial charge in [-0.25, -0.2) is 17.8 Å². The molecule has 162 valence electrons. The lowest BCUT2D eigenvalue weighted by molar-refractivity contribution is -0.119. The molecule has 1 aliphatic heterocycles. The molecule has 0 aliphatic carbocycles. The largest absolute Gasteiger partial charge is 0.325 e. The third-order valence-corrected chi connectivity index (χ3v) is 7.00. The van der Waals surface area contributed by atoms with Gasteiger partial charge in [0.05, 0.1) is 0 Å². The number of amides is 1. The van der Waals surface area contributed by atoms with Crippen LogP contribution in [0.4, 0.5) is 10.1 Å². The standard InChI is InChI=1S/C24H20FN3O3S/c25-21-10-1-2-12-23(21)32(30,31)28-16-6-11-22(28)24(29)27-20-9-5-7-18(17-20)13-14-19-8-3-4-15-26-19/h1-5,7-10,12,15,17,22H,6,11,16H2,(H,27,29). The van der Waals surface area contributed by atoms with Crippen LogP contribution in [-0.2, 0) is 14.8 Å². The van der Waals surface area contributed by atoms with Gasteiger partial charge in [0, 0.05) is 24.0 Å². The Kier molecular flexibility index (Phi) is 6.30. The van der Waals surface area contributed by atoms with E-state index in [0.717, 1.165) is 10.4 Å². The highest BCUT2D eigenvalue weighted by Crippen LogP contribution is 2.28. The minimum absolute atomic E-state index is 0.157. The van der Waals surface area contributed by atoms with Crippen molar-refractivity contribution >= 4 is 21.6 Å². The van der Waals surface area contributed by atoms with Gasteiger partial charge in [-0.1, -0.05) is 30.2 Å². The summed E-state index contributed by atoms with van der Waals surface area (Å²) in [5.74, 6) is 4.65. The summed E-state index contributed by atoms with van der Waals surface area (Å²) in [6, 6.07) is 16.7. The minimum atomic E-state index is -4.14. The summed E-state index contributed by atoms with van der Waals surface area (Å²) >= 11 is 0. The number of halogens is 1. The zero-order chi connectivity index (χ0) is 22.6. The second-order valence-corrected chi connectivity index (χ2v) is 9.10. The van der Waals surface area contributed by atoms with Crippen LogP contribution >= 0.6 is 0 Å². The lowest BCUT2D eigenvalue weighted by Gasteiger charge is -2.23. The van der Waals surface area contributed by atoms with Crippen LogP contribution < -0.4 is 5.32 Å². The molecule has 0 bridgehead atoms. The second-order valence-electron chi connectivity index (χ2n) is 7.24. The first-order valence-corrected chi connectivity index (χ1v) is 11.5. The van der Waals surface area contributed by atoms with Gasteiger partial charge in [0.1, 0.15) is 22.4 Å². The van der Waals surface area contributed by atoms with Crippen molar-refractivity contribution < 1.29 is 17.6 Å². The van der Waals surface area contributed by atoms with E-state index in [4.69, 9.17) is 0 Å². The number of hydrogen-bond acceptors (Lipinski definition) is 4. The van der Waals surface area contributed by atoms with Gasteiger partial charge in [-0.2, -0.15) is 4.31 Å². The Balaban J connectivity index is 1.51. The highest BCUT2D eigenvalue weighted by molar-refractivity contribution is 7.89. The number of nitrogens with one attached hydrogen (secondary N) is 1. The molecule has 1 amide bonds. The van der Waals surface area contributed by atoms with Crippen LogP contribution in [0.2, 0.25) is 0 Å². The molecule has 8 heteroatoms. The number of pyridine rings is 1. The highest BCUT2D eigenvalue weighted by Gasteiger charge is 2.40. The molecule has 0 spiro atoms. The molecule has 1 aliphatic rings. The van der Waals surface area contributed by atoms with Gasteiger partial charge in [0.25, 0.3) is 0 Å². The number of anilines is 1. The molecule has 1 aromatic heterocycles. The molecule has 6 nitrogen and oxygen atoms in total. The van der Waals surface area contributed by atoms with Gasteiger partial charge < -0.3 is 5.32 Å². The van der Waals surface area contributed by atoms with Crippen molar-refractivity contribution in [2.24, 2.45) is 0 Å². The van der Waals surface area contributed by atoms with Gasteiger partial charge in [-0.05, 0) is 61.2 Å². The normalized spacial score (nSPS) is 16.2. The molecule has 1 atom stereocenters. The molecule has 4 rings (SSSR count). The lowest BCUT2D eigenvalue weighted by Crippen LogP contribution is -2.43. The molecule has 3 aromatic rings. The Hall–Kier alpha value is -3.54. The minimum Gasteiger partial charge on any atom is -0.325 e. The van der Waals surface area contributed by atoms with Gasteiger partial charge in [-0.15, -0.1) is 0 Å². The number of aromatic nitrogens is 1. The Morgan fingerprint density at radius 3 is 2.66 bits per heavy atom. The highest BCUT2D eigenvalue weighted by atomic mass is 32.2. The molecular formula is C24H20FN3O3S. The maximum absolute atomic E-state index is 14.1. The van der Waals surface area contributed by atoms with E-state index in [2.05, 4.69) is 22.1 Å². The molecular weight excluding hydrogens is 429 g/mol. The van der Waals surface area contributed by atoms with Gasteiger partial charge >= 0.3 is 0 Å². The first-order chi connectivity index (χ1) is 15.4. The van der Waals surface area contributed by atoms with Crippen LogP contribution in [-0.4, -0.2) is 36.2 Å². The molecule has 0 radical (unpaired) electrons. The Morgan fingerprint density at radius 1 is 1.06 bits per heavy atom. The molecule has 1 fully saturated rings. The maximum Gasteiger partial charge on any atom is 0.246 e. The van der Waals surface area contributed by atoms with Crippen LogP contribution in [0.15, 0.2) is 77.8 Å². The Bertz CT molecular complexity index is 1300. The first-order valence-electron chi connectivity index (χ1n) is 10.1. The molecule has 2 aromatic carbocycles. The third kappa shape index (κ3) is 4.69. The van der Waals surface area contributed by atoms with E-state index in [1.54, 1.807) is 42.6 Å². The second kappa shape index (κ2) is 9.30. The molecule has 1 unspecified atom stereocenters. The fraction of sp³-hybridized carbons (Fsp3) is 0.167. The van der Waals surface area contributed by atoms with E-state index in [1.807, 2.05) is 6.07 Å². The van der Waals surface area contributed by atoms with Gasteiger partial charge in [0.15, 0.2) is 0 Å². The van der Waals surface area contributed by atoms with Crippen molar-refractivity contribution in [2.45, 2.75) is 23.8 Å². The van der Waals surface area contributed by atoms with Crippen molar-refractivity contribution in [3.8, 4) is 11.8 Å². The summed E-state index contributed by atoms with van der Waals surface area (Å²) in [5.41, 5.74) is 1.80. The van der Waals surface area contributed by atoms with E-state index in [-0.39, 0.29) is 6.54 Å². The van der Waals surface area contributed by atoms with Crippen molar-refractivity contribution in [3.63, 3.8) is 0 Å². The first kappa shape index (κ1) is 21.7. The predicted molar refractivity (Wildman–Crippen MR) is 119 cm³/mol. The fourth-order valence-electron chi connectivity index (χ4n) is 3.54. The lowest BCUT2D eigenvalue weighted by atomic mass is 10.1. The average molecular weight is 450 g/mol. The zero-order valence-corrected chi connectivity index (χ0v) is 17.8. The van der Waals surface area contributed by atoms with E-state index in [9.17, 15) is 17.6 Å². The quantitative estimate of drug-likeness (QED) is 0.619. The van der Waals surface area contributed by atoms with Gasteiger partial charge in [0.2, 0.25) is 15.9 Å². The summed E-state index contributed by atoms with van der Waals surface area (Å²) in [5, 5.41) is 2.77. The molecule has 1 N–H and O–H groups in total. The number of sulfonamides is 1. The third-order valence-electron chi connectivity index (χ3n) is 5.06. The van der Waals surface area contributed by atoms with Crippen molar-refractivity contribution in [3.05, 3.63) is 90.0 Å². The zero-order valence-electron chi connectivity index (χ0n) is 17.0. The van der Waals surface area contributed by atoms with E-state index < -0.39 is 32.7 Å². The summed E-state index contributed by atoms with van der Waals surface area (Å²) in [6.45, 7) is 0.157. The predicted octanol–water partition coefficient (Wildman–Crippen LogP) is 3.41. The SMILES string of the molecule is O=C(Nc1cccc(C#Cc2ccccn2)c1)C1CCCN1S(=O)(=O)c1ccccc1F. The number of rotatable bonds is 4. The van der Waals surface area contributed by atoms with Crippen LogP contribution in [0.3, 0.4) is 0 Å². The Morgan fingerprint density at radius 2 is 1.88 bits per heavy atom. The number of hydrogen-bond donors (Lipinski definition) is 1. The molecule has 32 heavy (non-hydrogen) atoms. The topological polar surface area (TPSA) is 79.4 Å². The maximum atomic E-state index is 14.1. The van der Waals surface area contributed by atoms with Crippen molar-refractivity contribution in [1.29, 1.82) is 0 Å². The van der Waals surface area contributed by atoms with Crippen LogP contribution in [0.1, 0.15) is 24.1 Å². The molecule has 0 saturated carbocycles. The smallest absolute Gasteiger partial charge is 0.246 e.